The van der Waals surface area contributed by atoms with Gasteiger partial charge in [0, 0.05) is 0 Å². The van der Waals surface area contributed by atoms with Crippen LogP contribution in [-0.2, 0) is 6.18 Å². The van der Waals surface area contributed by atoms with E-state index in [0.29, 0.717) is 6.07 Å². The van der Waals surface area contributed by atoms with Gasteiger partial charge in [-0.2, -0.15) is 13.2 Å². The minimum Gasteiger partial charge on any atom is -0.207 e. The number of hydrogen-bond acceptors (Lipinski definition) is 0. The number of hydrogen-bond donors (Lipinski definition) is 0. The van der Waals surface area contributed by atoms with Crippen molar-refractivity contribution in [1.82, 2.24) is 0 Å². The summed E-state index contributed by atoms with van der Waals surface area (Å²) in [5.41, 5.74) is -0.711. The first-order valence-corrected chi connectivity index (χ1v) is 5.10. The summed E-state index contributed by atoms with van der Waals surface area (Å²) in [5, 5.41) is 0. The molecule has 4 heteroatoms. The van der Waals surface area contributed by atoms with Crippen LogP contribution in [-0.4, -0.2) is 0 Å². The van der Waals surface area contributed by atoms with Crippen molar-refractivity contribution in [3.63, 3.8) is 0 Å². The monoisotopic (exact) mass is 234 g/mol. The highest BCUT2D eigenvalue weighted by atomic mass is 19.4. The van der Waals surface area contributed by atoms with Gasteiger partial charge in [0.1, 0.15) is 5.82 Å². The third-order valence-electron chi connectivity index (χ3n) is 2.81. The van der Waals surface area contributed by atoms with E-state index in [0.717, 1.165) is 6.07 Å². The number of benzene rings is 1. The Morgan fingerprint density at radius 3 is 2.06 bits per heavy atom. The van der Waals surface area contributed by atoms with Crippen molar-refractivity contribution in [2.45, 2.75) is 32.9 Å². The largest absolute Gasteiger partial charge is 0.416 e. The van der Waals surface area contributed by atoms with Crippen molar-refractivity contribution >= 4 is 0 Å². The molecule has 0 aliphatic heterocycles. The van der Waals surface area contributed by atoms with E-state index < -0.39 is 17.6 Å². The van der Waals surface area contributed by atoms with E-state index >= 15 is 0 Å². The molecule has 16 heavy (non-hydrogen) atoms. The zero-order chi connectivity index (χ0) is 12.5. The Morgan fingerprint density at radius 2 is 1.62 bits per heavy atom. The fourth-order valence-corrected chi connectivity index (χ4v) is 1.53. The van der Waals surface area contributed by atoms with Crippen LogP contribution in [0.4, 0.5) is 17.6 Å². The molecule has 0 fully saturated rings. The van der Waals surface area contributed by atoms with Gasteiger partial charge < -0.3 is 0 Å². The molecule has 1 unspecified atom stereocenters. The van der Waals surface area contributed by atoms with E-state index in [4.69, 9.17) is 0 Å². The lowest BCUT2D eigenvalue weighted by Crippen LogP contribution is -2.14. The Bertz CT molecular complexity index is 366. The zero-order valence-electron chi connectivity index (χ0n) is 9.40. The predicted octanol–water partition coefficient (Wildman–Crippen LogP) is 4.60. The van der Waals surface area contributed by atoms with Crippen LogP contribution in [0.1, 0.15) is 37.8 Å². The highest BCUT2D eigenvalue weighted by Gasteiger charge is 2.35. The van der Waals surface area contributed by atoms with Crippen LogP contribution < -0.4 is 0 Å². The lowest BCUT2D eigenvalue weighted by Gasteiger charge is -2.21. The Balaban J connectivity index is 3.29. The maximum Gasteiger partial charge on any atom is 0.416 e. The van der Waals surface area contributed by atoms with Crippen molar-refractivity contribution in [2.75, 3.05) is 0 Å². The van der Waals surface area contributed by atoms with Gasteiger partial charge in [-0.15, -0.1) is 0 Å². The van der Waals surface area contributed by atoms with Gasteiger partial charge in [0.15, 0.2) is 0 Å². The fraction of sp³-hybridized carbons (Fsp3) is 0.500. The lowest BCUT2D eigenvalue weighted by atomic mass is 9.87. The quantitative estimate of drug-likeness (QED) is 0.656. The molecule has 90 valence electrons. The van der Waals surface area contributed by atoms with Gasteiger partial charge in [-0.1, -0.05) is 26.8 Å². The van der Waals surface area contributed by atoms with Crippen LogP contribution in [0.15, 0.2) is 18.2 Å². The fourth-order valence-electron chi connectivity index (χ4n) is 1.53. The highest BCUT2D eigenvalue weighted by molar-refractivity contribution is 5.33. The van der Waals surface area contributed by atoms with Gasteiger partial charge in [0.25, 0.3) is 0 Å². The number of rotatable bonds is 2. The molecule has 1 aromatic rings. The smallest absolute Gasteiger partial charge is 0.207 e. The average Bonchev–Trinajstić information content (AvgIpc) is 2.15. The molecule has 0 bridgehead atoms. The average molecular weight is 234 g/mol. The van der Waals surface area contributed by atoms with Gasteiger partial charge in [-0.05, 0) is 29.5 Å². The Kier molecular flexibility index (Phi) is 3.61. The molecule has 0 saturated carbocycles. The molecular formula is C12H14F4. The third kappa shape index (κ3) is 2.74. The van der Waals surface area contributed by atoms with E-state index in [-0.39, 0.29) is 17.4 Å². The van der Waals surface area contributed by atoms with Crippen LogP contribution >= 0.6 is 0 Å². The molecule has 0 N–H and O–H groups in total. The third-order valence-corrected chi connectivity index (χ3v) is 2.81. The van der Waals surface area contributed by atoms with Crippen LogP contribution in [0, 0.1) is 11.7 Å². The summed E-state index contributed by atoms with van der Waals surface area (Å²) >= 11 is 0. The summed E-state index contributed by atoms with van der Waals surface area (Å²) in [6, 6.07) is 2.86. The van der Waals surface area contributed by atoms with E-state index in [1.165, 1.54) is 6.07 Å². The summed E-state index contributed by atoms with van der Waals surface area (Å²) in [6.45, 7) is 5.40. The summed E-state index contributed by atoms with van der Waals surface area (Å²) < 4.78 is 50.9. The molecule has 0 nitrogen and oxygen atoms in total. The van der Waals surface area contributed by atoms with Crippen LogP contribution in [0.25, 0.3) is 0 Å². The van der Waals surface area contributed by atoms with E-state index in [2.05, 4.69) is 0 Å². The van der Waals surface area contributed by atoms with Crippen molar-refractivity contribution in [3.8, 4) is 0 Å². The summed E-state index contributed by atoms with van der Waals surface area (Å²) in [6.07, 6.45) is -4.50. The summed E-state index contributed by atoms with van der Waals surface area (Å²) in [5.74, 6) is -1.03. The Morgan fingerprint density at radius 1 is 1.06 bits per heavy atom. The van der Waals surface area contributed by atoms with Crippen molar-refractivity contribution in [3.05, 3.63) is 35.1 Å². The SMILES string of the molecule is CC(C)C(C)c1ccc(F)cc1C(F)(F)F. The van der Waals surface area contributed by atoms with Gasteiger partial charge >= 0.3 is 6.18 Å². The van der Waals surface area contributed by atoms with Gasteiger partial charge in [0.05, 0.1) is 5.56 Å². The predicted molar refractivity (Wildman–Crippen MR) is 54.7 cm³/mol. The van der Waals surface area contributed by atoms with Crippen LogP contribution in [0.5, 0.6) is 0 Å². The first-order chi connectivity index (χ1) is 7.23. The molecule has 1 atom stereocenters. The van der Waals surface area contributed by atoms with Gasteiger partial charge in [-0.25, -0.2) is 4.39 Å². The maximum atomic E-state index is 12.8. The maximum absolute atomic E-state index is 12.8. The zero-order valence-corrected chi connectivity index (χ0v) is 9.40. The van der Waals surface area contributed by atoms with E-state index in [1.54, 1.807) is 6.92 Å². The van der Waals surface area contributed by atoms with Gasteiger partial charge in [-0.3, -0.25) is 0 Å². The molecule has 0 heterocycles. The Labute approximate surface area is 92.3 Å². The second-order valence-electron chi connectivity index (χ2n) is 4.26. The molecule has 0 saturated heterocycles. The molecule has 0 aliphatic carbocycles. The standard InChI is InChI=1S/C12H14F4/c1-7(2)8(3)10-5-4-9(13)6-11(10)12(14,15)16/h4-8H,1-3H3. The molecule has 1 aromatic carbocycles. The normalized spacial score (nSPS) is 14.2. The number of alkyl halides is 3. The molecule has 0 aromatic heterocycles. The molecule has 0 radical (unpaired) electrons. The number of halogens is 4. The molecule has 0 amide bonds. The molecule has 0 aliphatic rings. The van der Waals surface area contributed by atoms with Crippen LogP contribution in [0.3, 0.4) is 0 Å². The first kappa shape index (κ1) is 13.0. The Hall–Kier alpha value is -1.06. The lowest BCUT2D eigenvalue weighted by molar-refractivity contribution is -0.138. The second kappa shape index (κ2) is 4.44. The second-order valence-corrected chi connectivity index (χ2v) is 4.26. The highest BCUT2D eigenvalue weighted by Crippen LogP contribution is 2.37. The molecule has 0 spiro atoms. The minimum absolute atomic E-state index is 0.0755. The summed E-state index contributed by atoms with van der Waals surface area (Å²) in [7, 11) is 0. The van der Waals surface area contributed by atoms with Gasteiger partial charge in [0.2, 0.25) is 0 Å². The first-order valence-electron chi connectivity index (χ1n) is 5.10. The van der Waals surface area contributed by atoms with Crippen molar-refractivity contribution in [2.24, 2.45) is 5.92 Å². The minimum atomic E-state index is -4.50. The summed E-state index contributed by atoms with van der Waals surface area (Å²) in [4.78, 5) is 0. The topological polar surface area (TPSA) is 0 Å². The van der Waals surface area contributed by atoms with Crippen LogP contribution in [0.2, 0.25) is 0 Å². The van der Waals surface area contributed by atoms with E-state index in [1.807, 2.05) is 13.8 Å². The van der Waals surface area contributed by atoms with Crippen molar-refractivity contribution in [1.29, 1.82) is 0 Å². The molecule has 1 rings (SSSR count). The van der Waals surface area contributed by atoms with Crippen molar-refractivity contribution < 1.29 is 17.6 Å². The molecular weight excluding hydrogens is 220 g/mol. The van der Waals surface area contributed by atoms with E-state index in [9.17, 15) is 17.6 Å².